The quantitative estimate of drug-likeness (QED) is 0.604. The summed E-state index contributed by atoms with van der Waals surface area (Å²) in [6.45, 7) is 7.12. The van der Waals surface area contributed by atoms with E-state index in [1.807, 2.05) is 6.92 Å². The summed E-state index contributed by atoms with van der Waals surface area (Å²) < 4.78 is 0. The SMILES string of the molecule is CCCNC(C)C(C)c1ncc([N+](=O)[O-])cn1. The molecule has 1 N–H and O–H groups in total. The van der Waals surface area contributed by atoms with Gasteiger partial charge in [0.15, 0.2) is 0 Å². The largest absolute Gasteiger partial charge is 0.314 e. The third kappa shape index (κ3) is 3.74. The standard InChI is InChI=1S/C11H18N4O2/c1-4-5-12-9(3)8(2)11-13-6-10(7-14-11)15(16)17/h6-9,12H,4-5H2,1-3H3. The van der Waals surface area contributed by atoms with Crippen molar-refractivity contribution in [1.29, 1.82) is 0 Å². The second-order valence-corrected chi connectivity index (χ2v) is 4.09. The first kappa shape index (κ1) is 13.5. The van der Waals surface area contributed by atoms with Gasteiger partial charge in [0, 0.05) is 12.0 Å². The van der Waals surface area contributed by atoms with Gasteiger partial charge in [-0.1, -0.05) is 13.8 Å². The zero-order valence-electron chi connectivity index (χ0n) is 10.4. The van der Waals surface area contributed by atoms with Gasteiger partial charge in [0.2, 0.25) is 0 Å². The molecule has 2 atom stereocenters. The number of rotatable bonds is 6. The Morgan fingerprint density at radius 2 is 2.00 bits per heavy atom. The molecular weight excluding hydrogens is 220 g/mol. The Hall–Kier alpha value is -1.56. The molecule has 17 heavy (non-hydrogen) atoms. The molecule has 0 radical (unpaired) electrons. The summed E-state index contributed by atoms with van der Waals surface area (Å²) in [6.07, 6.45) is 3.58. The molecule has 1 rings (SSSR count). The first-order valence-corrected chi connectivity index (χ1v) is 5.76. The van der Waals surface area contributed by atoms with Crippen molar-refractivity contribution in [2.45, 2.75) is 39.2 Å². The van der Waals surface area contributed by atoms with Crippen LogP contribution in [-0.4, -0.2) is 27.5 Å². The average Bonchev–Trinajstić information content (AvgIpc) is 2.35. The molecule has 0 amide bonds. The smallest absolute Gasteiger partial charge is 0.305 e. The van der Waals surface area contributed by atoms with Crippen molar-refractivity contribution in [2.24, 2.45) is 0 Å². The van der Waals surface area contributed by atoms with E-state index in [4.69, 9.17) is 0 Å². The topological polar surface area (TPSA) is 81.0 Å². The van der Waals surface area contributed by atoms with E-state index in [0.29, 0.717) is 5.82 Å². The summed E-state index contributed by atoms with van der Waals surface area (Å²) in [6, 6.07) is 0.247. The Kier molecular flexibility index (Phi) is 4.96. The molecular formula is C11H18N4O2. The van der Waals surface area contributed by atoms with Gasteiger partial charge in [-0.05, 0) is 19.9 Å². The molecule has 1 heterocycles. The summed E-state index contributed by atoms with van der Waals surface area (Å²) in [5.74, 6) is 0.758. The molecule has 0 bridgehead atoms. The Morgan fingerprint density at radius 3 is 2.47 bits per heavy atom. The lowest BCUT2D eigenvalue weighted by molar-refractivity contribution is -0.385. The molecule has 0 spiro atoms. The molecule has 0 saturated carbocycles. The van der Waals surface area contributed by atoms with Crippen molar-refractivity contribution in [3.05, 3.63) is 28.3 Å². The third-order valence-electron chi connectivity index (χ3n) is 2.74. The maximum Gasteiger partial charge on any atom is 0.305 e. The summed E-state index contributed by atoms with van der Waals surface area (Å²) in [5, 5.41) is 13.8. The van der Waals surface area contributed by atoms with Gasteiger partial charge in [0.1, 0.15) is 18.2 Å². The molecule has 94 valence electrons. The molecule has 0 aliphatic carbocycles. The second kappa shape index (κ2) is 6.24. The van der Waals surface area contributed by atoms with Crippen molar-refractivity contribution in [2.75, 3.05) is 6.54 Å². The van der Waals surface area contributed by atoms with Crippen molar-refractivity contribution in [1.82, 2.24) is 15.3 Å². The van der Waals surface area contributed by atoms with Crippen molar-refractivity contribution >= 4 is 5.69 Å². The zero-order chi connectivity index (χ0) is 12.8. The van der Waals surface area contributed by atoms with Gasteiger partial charge in [-0.2, -0.15) is 0 Å². The van der Waals surface area contributed by atoms with E-state index in [2.05, 4.69) is 29.1 Å². The number of hydrogen-bond acceptors (Lipinski definition) is 5. The van der Waals surface area contributed by atoms with Crippen LogP contribution in [0, 0.1) is 10.1 Å². The summed E-state index contributed by atoms with van der Waals surface area (Å²) in [5.41, 5.74) is -0.0740. The van der Waals surface area contributed by atoms with E-state index >= 15 is 0 Å². The van der Waals surface area contributed by atoms with Crippen LogP contribution in [0.3, 0.4) is 0 Å². The molecule has 0 saturated heterocycles. The molecule has 0 aliphatic heterocycles. The van der Waals surface area contributed by atoms with Gasteiger partial charge >= 0.3 is 5.69 Å². The van der Waals surface area contributed by atoms with Crippen LogP contribution in [0.25, 0.3) is 0 Å². The van der Waals surface area contributed by atoms with Crippen LogP contribution in [0.5, 0.6) is 0 Å². The second-order valence-electron chi connectivity index (χ2n) is 4.09. The third-order valence-corrected chi connectivity index (χ3v) is 2.74. The Morgan fingerprint density at radius 1 is 1.41 bits per heavy atom. The number of nitrogens with one attached hydrogen (secondary N) is 1. The minimum absolute atomic E-state index is 0.0740. The molecule has 0 aromatic carbocycles. The Labute approximate surface area is 101 Å². The van der Waals surface area contributed by atoms with Gasteiger partial charge in [-0.3, -0.25) is 10.1 Å². The normalized spacial score (nSPS) is 14.3. The van der Waals surface area contributed by atoms with Gasteiger partial charge in [0.05, 0.1) is 4.92 Å². The first-order valence-electron chi connectivity index (χ1n) is 5.76. The number of nitro groups is 1. The van der Waals surface area contributed by atoms with Crippen LogP contribution >= 0.6 is 0 Å². The maximum atomic E-state index is 10.5. The average molecular weight is 238 g/mol. The van der Waals surface area contributed by atoms with Gasteiger partial charge in [-0.15, -0.1) is 0 Å². The van der Waals surface area contributed by atoms with Gasteiger partial charge in [-0.25, -0.2) is 9.97 Å². The van der Waals surface area contributed by atoms with Gasteiger partial charge in [0.25, 0.3) is 0 Å². The highest BCUT2D eigenvalue weighted by Gasteiger charge is 2.17. The summed E-state index contributed by atoms with van der Waals surface area (Å²) in [7, 11) is 0. The van der Waals surface area contributed by atoms with Gasteiger partial charge < -0.3 is 5.32 Å². The zero-order valence-corrected chi connectivity index (χ0v) is 10.4. The Bertz CT molecular complexity index is 366. The minimum atomic E-state index is -0.493. The maximum absolute atomic E-state index is 10.5. The molecule has 2 unspecified atom stereocenters. The van der Waals surface area contributed by atoms with Crippen LogP contribution in [0.15, 0.2) is 12.4 Å². The van der Waals surface area contributed by atoms with E-state index < -0.39 is 4.92 Å². The highest BCUT2D eigenvalue weighted by atomic mass is 16.6. The number of hydrogen-bond donors (Lipinski definition) is 1. The van der Waals surface area contributed by atoms with Crippen molar-refractivity contribution in [3.63, 3.8) is 0 Å². The first-order chi connectivity index (χ1) is 8.06. The fourth-order valence-electron chi connectivity index (χ4n) is 1.43. The van der Waals surface area contributed by atoms with E-state index in [-0.39, 0.29) is 17.6 Å². The monoisotopic (exact) mass is 238 g/mol. The van der Waals surface area contributed by atoms with E-state index in [9.17, 15) is 10.1 Å². The van der Waals surface area contributed by atoms with Crippen LogP contribution in [-0.2, 0) is 0 Å². The van der Waals surface area contributed by atoms with Crippen LogP contribution in [0.4, 0.5) is 5.69 Å². The predicted octanol–water partition coefficient (Wildman–Crippen LogP) is 1.88. The lowest BCUT2D eigenvalue weighted by Gasteiger charge is -2.19. The fraction of sp³-hybridized carbons (Fsp3) is 0.636. The highest BCUT2D eigenvalue weighted by molar-refractivity contribution is 5.21. The molecule has 6 nitrogen and oxygen atoms in total. The lowest BCUT2D eigenvalue weighted by Crippen LogP contribution is -2.32. The predicted molar refractivity (Wildman–Crippen MR) is 64.9 cm³/mol. The number of nitrogens with zero attached hydrogens (tertiary/aromatic N) is 3. The molecule has 1 aromatic heterocycles. The summed E-state index contributed by atoms with van der Waals surface area (Å²) >= 11 is 0. The molecule has 0 fully saturated rings. The van der Waals surface area contributed by atoms with Crippen molar-refractivity contribution in [3.8, 4) is 0 Å². The van der Waals surface area contributed by atoms with Crippen LogP contribution < -0.4 is 5.32 Å². The summed E-state index contributed by atoms with van der Waals surface area (Å²) in [4.78, 5) is 18.1. The van der Waals surface area contributed by atoms with Crippen molar-refractivity contribution < 1.29 is 4.92 Å². The highest BCUT2D eigenvalue weighted by Crippen LogP contribution is 2.16. The number of aromatic nitrogens is 2. The molecule has 1 aromatic rings. The molecule has 0 aliphatic rings. The minimum Gasteiger partial charge on any atom is -0.314 e. The molecule has 6 heteroatoms. The Balaban J connectivity index is 2.68. The van der Waals surface area contributed by atoms with Crippen LogP contribution in [0.1, 0.15) is 38.9 Å². The van der Waals surface area contributed by atoms with E-state index in [1.165, 1.54) is 12.4 Å². The van der Waals surface area contributed by atoms with E-state index in [1.54, 1.807) is 0 Å². The lowest BCUT2D eigenvalue weighted by atomic mass is 10.0. The fourth-order valence-corrected chi connectivity index (χ4v) is 1.43. The van der Waals surface area contributed by atoms with Crippen LogP contribution in [0.2, 0.25) is 0 Å². The van der Waals surface area contributed by atoms with E-state index in [0.717, 1.165) is 13.0 Å².